The molecule has 2 aromatic carbocycles. The van der Waals surface area contributed by atoms with Crippen LogP contribution in [0.3, 0.4) is 0 Å². The molecule has 0 radical (unpaired) electrons. The Hall–Kier alpha value is -2.97. The lowest BCUT2D eigenvalue weighted by Crippen LogP contribution is -2.31. The fraction of sp³-hybridized carbons (Fsp3) is 0.333. The number of carbonyl (C=O) groups excluding carboxylic acids is 2. The summed E-state index contributed by atoms with van der Waals surface area (Å²) in [6.45, 7) is 3.76. The molecule has 32 heavy (non-hydrogen) atoms. The standard InChI is InChI=1S/C24H28N2O5S/c1-5-31-12-6-11-25-23(27)17-8-10-21-18(15-17)26(2)24(28)22(32-21)14-16-7-9-19(29-3)20(13-16)30-4/h7-10,13-15H,5-6,11-12H2,1-4H3,(H,25,27)/b22-14-. The number of amides is 2. The van der Waals surface area contributed by atoms with E-state index >= 15 is 0 Å². The van der Waals surface area contributed by atoms with Crippen LogP contribution in [0.15, 0.2) is 46.2 Å². The molecule has 0 spiro atoms. The smallest absolute Gasteiger partial charge is 0.264 e. The molecule has 1 aliphatic heterocycles. The highest BCUT2D eigenvalue weighted by atomic mass is 32.2. The van der Waals surface area contributed by atoms with Crippen LogP contribution in [0.5, 0.6) is 11.5 Å². The number of carbonyl (C=O) groups is 2. The van der Waals surface area contributed by atoms with Crippen molar-refractivity contribution in [1.82, 2.24) is 5.32 Å². The summed E-state index contributed by atoms with van der Waals surface area (Å²) in [5, 5.41) is 2.89. The van der Waals surface area contributed by atoms with Gasteiger partial charge in [-0.05, 0) is 55.3 Å². The molecule has 0 fully saturated rings. The summed E-state index contributed by atoms with van der Waals surface area (Å²) < 4.78 is 15.9. The molecule has 1 aliphatic rings. The Balaban J connectivity index is 1.77. The number of likely N-dealkylation sites (N-methyl/N-ethyl adjacent to an activating group) is 1. The number of benzene rings is 2. The van der Waals surface area contributed by atoms with Crippen LogP contribution in [0.4, 0.5) is 5.69 Å². The van der Waals surface area contributed by atoms with Gasteiger partial charge < -0.3 is 24.4 Å². The quantitative estimate of drug-likeness (QED) is 0.455. The second-order valence-electron chi connectivity index (χ2n) is 7.08. The highest BCUT2D eigenvalue weighted by Crippen LogP contribution is 2.42. The van der Waals surface area contributed by atoms with Crippen molar-refractivity contribution in [3.63, 3.8) is 0 Å². The third-order valence-corrected chi connectivity index (χ3v) is 6.06. The van der Waals surface area contributed by atoms with E-state index in [9.17, 15) is 9.59 Å². The maximum atomic E-state index is 13.0. The predicted octanol–water partition coefficient (Wildman–Crippen LogP) is 3.97. The van der Waals surface area contributed by atoms with E-state index in [1.54, 1.807) is 44.4 Å². The van der Waals surface area contributed by atoms with Gasteiger partial charge in [-0.1, -0.05) is 17.8 Å². The van der Waals surface area contributed by atoms with Crippen molar-refractivity contribution in [3.05, 3.63) is 52.4 Å². The van der Waals surface area contributed by atoms with E-state index in [1.807, 2.05) is 31.2 Å². The van der Waals surface area contributed by atoms with Gasteiger partial charge in [0.2, 0.25) is 0 Å². The normalized spacial score (nSPS) is 14.3. The lowest BCUT2D eigenvalue weighted by atomic mass is 10.1. The van der Waals surface area contributed by atoms with E-state index < -0.39 is 0 Å². The van der Waals surface area contributed by atoms with Crippen LogP contribution in [-0.2, 0) is 9.53 Å². The van der Waals surface area contributed by atoms with Crippen LogP contribution >= 0.6 is 11.8 Å². The minimum absolute atomic E-state index is 0.133. The molecule has 2 amide bonds. The van der Waals surface area contributed by atoms with Crippen LogP contribution in [-0.4, -0.2) is 52.8 Å². The fourth-order valence-corrected chi connectivity index (χ4v) is 4.34. The van der Waals surface area contributed by atoms with Crippen LogP contribution < -0.4 is 19.7 Å². The van der Waals surface area contributed by atoms with Gasteiger partial charge in [0.25, 0.3) is 11.8 Å². The monoisotopic (exact) mass is 456 g/mol. The van der Waals surface area contributed by atoms with Crippen LogP contribution in [0.2, 0.25) is 0 Å². The number of nitrogens with zero attached hydrogens (tertiary/aromatic N) is 1. The molecule has 1 N–H and O–H groups in total. The maximum absolute atomic E-state index is 13.0. The van der Waals surface area contributed by atoms with Gasteiger partial charge in [-0.3, -0.25) is 9.59 Å². The van der Waals surface area contributed by atoms with Gasteiger partial charge in [-0.2, -0.15) is 0 Å². The molecule has 170 valence electrons. The van der Waals surface area contributed by atoms with Gasteiger partial charge in [0.1, 0.15) is 0 Å². The molecule has 0 atom stereocenters. The number of ether oxygens (including phenoxy) is 3. The lowest BCUT2D eigenvalue weighted by Gasteiger charge is -2.27. The summed E-state index contributed by atoms with van der Waals surface area (Å²) in [6, 6.07) is 10.9. The molecule has 0 unspecified atom stereocenters. The zero-order chi connectivity index (χ0) is 23.1. The first-order valence-corrected chi connectivity index (χ1v) is 11.2. The van der Waals surface area contributed by atoms with E-state index in [1.165, 1.54) is 11.8 Å². The van der Waals surface area contributed by atoms with Gasteiger partial charge in [-0.15, -0.1) is 0 Å². The SMILES string of the molecule is CCOCCCNC(=O)c1ccc2c(c1)N(C)C(=O)/C(=C/c1ccc(OC)c(OC)c1)S2. The molecule has 3 rings (SSSR count). The number of methoxy groups -OCH3 is 2. The molecule has 0 saturated heterocycles. The average molecular weight is 457 g/mol. The Labute approximate surface area is 192 Å². The second-order valence-corrected chi connectivity index (χ2v) is 8.16. The number of rotatable bonds is 9. The third kappa shape index (κ3) is 5.44. The van der Waals surface area contributed by atoms with E-state index in [-0.39, 0.29) is 11.8 Å². The largest absolute Gasteiger partial charge is 0.493 e. The Morgan fingerprint density at radius 2 is 1.91 bits per heavy atom. The summed E-state index contributed by atoms with van der Waals surface area (Å²) in [5.41, 5.74) is 2.07. The molecule has 0 bridgehead atoms. The summed E-state index contributed by atoms with van der Waals surface area (Å²) in [6.07, 6.45) is 2.58. The van der Waals surface area contributed by atoms with Gasteiger partial charge in [-0.25, -0.2) is 0 Å². The average Bonchev–Trinajstić information content (AvgIpc) is 2.81. The highest BCUT2D eigenvalue weighted by molar-refractivity contribution is 8.04. The number of hydrogen-bond acceptors (Lipinski definition) is 6. The van der Waals surface area contributed by atoms with Gasteiger partial charge in [0, 0.05) is 37.3 Å². The first kappa shape index (κ1) is 23.7. The van der Waals surface area contributed by atoms with Crippen LogP contribution in [0, 0.1) is 0 Å². The van der Waals surface area contributed by atoms with E-state index in [4.69, 9.17) is 14.2 Å². The van der Waals surface area contributed by atoms with Crippen molar-refractivity contribution >= 4 is 35.3 Å². The van der Waals surface area contributed by atoms with Crippen LogP contribution in [0.1, 0.15) is 29.3 Å². The van der Waals surface area contributed by atoms with Crippen molar-refractivity contribution < 1.29 is 23.8 Å². The number of fused-ring (bicyclic) bond motifs is 1. The lowest BCUT2D eigenvalue weighted by molar-refractivity contribution is -0.114. The Bertz CT molecular complexity index is 1020. The molecule has 0 saturated carbocycles. The number of thioether (sulfide) groups is 1. The van der Waals surface area contributed by atoms with Crippen molar-refractivity contribution in [2.45, 2.75) is 18.2 Å². The molecule has 8 heteroatoms. The van der Waals surface area contributed by atoms with Crippen molar-refractivity contribution in [1.29, 1.82) is 0 Å². The summed E-state index contributed by atoms with van der Waals surface area (Å²) in [4.78, 5) is 28.5. The first-order valence-electron chi connectivity index (χ1n) is 10.4. The third-order valence-electron chi connectivity index (χ3n) is 4.98. The topological polar surface area (TPSA) is 77.1 Å². The Kier molecular flexibility index (Phi) is 8.19. The zero-order valence-electron chi connectivity index (χ0n) is 18.8. The number of nitrogens with one attached hydrogen (secondary N) is 1. The minimum atomic E-state index is -0.165. The Morgan fingerprint density at radius 3 is 2.62 bits per heavy atom. The van der Waals surface area contributed by atoms with Gasteiger partial charge in [0.15, 0.2) is 11.5 Å². The molecule has 1 heterocycles. The number of anilines is 1. The van der Waals surface area contributed by atoms with Crippen molar-refractivity contribution in [3.8, 4) is 11.5 Å². The van der Waals surface area contributed by atoms with E-state index in [0.29, 0.717) is 47.4 Å². The summed E-state index contributed by atoms with van der Waals surface area (Å²) >= 11 is 1.38. The zero-order valence-corrected chi connectivity index (χ0v) is 19.6. The molecular formula is C24H28N2O5S. The highest BCUT2D eigenvalue weighted by Gasteiger charge is 2.27. The molecule has 7 nitrogen and oxygen atoms in total. The predicted molar refractivity (Wildman–Crippen MR) is 127 cm³/mol. The van der Waals surface area contributed by atoms with Crippen molar-refractivity contribution in [2.75, 3.05) is 45.9 Å². The first-order chi connectivity index (χ1) is 15.5. The molecule has 2 aromatic rings. The molecular weight excluding hydrogens is 428 g/mol. The van der Waals surface area contributed by atoms with Crippen molar-refractivity contribution in [2.24, 2.45) is 0 Å². The second kappa shape index (κ2) is 11.1. The fourth-order valence-electron chi connectivity index (χ4n) is 3.25. The maximum Gasteiger partial charge on any atom is 0.264 e. The van der Waals surface area contributed by atoms with Crippen LogP contribution in [0.25, 0.3) is 6.08 Å². The molecule has 0 aromatic heterocycles. The number of hydrogen-bond donors (Lipinski definition) is 1. The van der Waals surface area contributed by atoms with E-state index in [0.717, 1.165) is 16.9 Å². The van der Waals surface area contributed by atoms with E-state index in [2.05, 4.69) is 5.32 Å². The Morgan fingerprint density at radius 1 is 1.12 bits per heavy atom. The minimum Gasteiger partial charge on any atom is -0.493 e. The summed E-state index contributed by atoms with van der Waals surface area (Å²) in [7, 11) is 4.87. The molecule has 0 aliphatic carbocycles. The van der Waals surface area contributed by atoms with Gasteiger partial charge >= 0.3 is 0 Å². The van der Waals surface area contributed by atoms with Gasteiger partial charge in [0.05, 0.1) is 24.8 Å². The summed E-state index contributed by atoms with van der Waals surface area (Å²) in [5.74, 6) is 0.928.